The van der Waals surface area contributed by atoms with Crippen molar-refractivity contribution in [1.29, 1.82) is 0 Å². The minimum atomic E-state index is -0.790. The molecule has 2 aromatic carbocycles. The molecular weight excluding hydrogens is 439 g/mol. The van der Waals surface area contributed by atoms with Crippen LogP contribution in [0.2, 0.25) is 0 Å². The summed E-state index contributed by atoms with van der Waals surface area (Å²) >= 11 is 1.03. The summed E-state index contributed by atoms with van der Waals surface area (Å²) in [6.07, 6.45) is 1.57. The summed E-state index contributed by atoms with van der Waals surface area (Å²) in [6, 6.07) is 9.81. The molecule has 0 spiro atoms. The van der Waals surface area contributed by atoms with Gasteiger partial charge in [0.2, 0.25) is 11.7 Å². The van der Waals surface area contributed by atoms with Gasteiger partial charge in [-0.3, -0.25) is 28.7 Å². The fraction of sp³-hybridized carbons (Fsp3) is 0.100. The largest absolute Gasteiger partial charge is 0.323 e. The maximum atomic E-state index is 13.9. The first-order valence-corrected chi connectivity index (χ1v) is 10.2. The summed E-state index contributed by atoms with van der Waals surface area (Å²) in [6.45, 7) is 3.89. The number of halogens is 1. The Morgan fingerprint density at radius 3 is 2.81 bits per heavy atom. The SMILES string of the molecule is C=CCn1c(=O)c2ccccc2n2c(SCC(=O)Nc3cc([N+](=O)[O-])ccc3F)nnc12. The van der Waals surface area contributed by atoms with E-state index in [1.54, 1.807) is 34.7 Å². The smallest absolute Gasteiger partial charge is 0.271 e. The molecule has 0 bridgehead atoms. The molecule has 0 saturated carbocycles. The fourth-order valence-corrected chi connectivity index (χ4v) is 3.90. The van der Waals surface area contributed by atoms with Crippen molar-refractivity contribution in [1.82, 2.24) is 19.2 Å². The van der Waals surface area contributed by atoms with Gasteiger partial charge >= 0.3 is 0 Å². The Kier molecular flexibility index (Phi) is 5.69. The van der Waals surface area contributed by atoms with Crippen LogP contribution in [0.25, 0.3) is 16.7 Å². The molecule has 12 heteroatoms. The number of amides is 1. The normalized spacial score (nSPS) is 11.0. The lowest BCUT2D eigenvalue weighted by molar-refractivity contribution is -0.384. The van der Waals surface area contributed by atoms with E-state index in [0.717, 1.165) is 30.0 Å². The molecule has 0 unspecified atom stereocenters. The van der Waals surface area contributed by atoms with Gasteiger partial charge in [-0.2, -0.15) is 0 Å². The van der Waals surface area contributed by atoms with Crippen molar-refractivity contribution in [2.45, 2.75) is 11.7 Å². The minimum Gasteiger partial charge on any atom is -0.323 e. The number of thioether (sulfide) groups is 1. The van der Waals surface area contributed by atoms with Crippen molar-refractivity contribution in [2.75, 3.05) is 11.1 Å². The average molecular weight is 454 g/mol. The average Bonchev–Trinajstić information content (AvgIpc) is 3.20. The van der Waals surface area contributed by atoms with Gasteiger partial charge in [0, 0.05) is 18.7 Å². The van der Waals surface area contributed by atoms with E-state index in [1.165, 1.54) is 4.57 Å². The zero-order chi connectivity index (χ0) is 22.8. The summed E-state index contributed by atoms with van der Waals surface area (Å²) in [5.74, 6) is -1.25. The van der Waals surface area contributed by atoms with Gasteiger partial charge in [-0.25, -0.2) is 4.39 Å². The van der Waals surface area contributed by atoms with Crippen molar-refractivity contribution in [2.24, 2.45) is 0 Å². The molecule has 4 aromatic rings. The Balaban J connectivity index is 1.64. The predicted molar refractivity (Wildman–Crippen MR) is 117 cm³/mol. The van der Waals surface area contributed by atoms with Gasteiger partial charge in [0.1, 0.15) is 5.82 Å². The molecule has 2 aromatic heterocycles. The molecule has 0 radical (unpaired) electrons. The topological polar surface area (TPSA) is 124 Å². The van der Waals surface area contributed by atoms with Crippen LogP contribution in [0, 0.1) is 15.9 Å². The molecule has 0 fully saturated rings. The number of nitro groups is 1. The highest BCUT2D eigenvalue weighted by molar-refractivity contribution is 7.99. The van der Waals surface area contributed by atoms with Gasteiger partial charge in [-0.15, -0.1) is 16.8 Å². The number of rotatable bonds is 7. The Morgan fingerprint density at radius 2 is 2.06 bits per heavy atom. The third kappa shape index (κ3) is 3.83. The zero-order valence-electron chi connectivity index (χ0n) is 16.4. The highest BCUT2D eigenvalue weighted by Crippen LogP contribution is 2.24. The van der Waals surface area contributed by atoms with Crippen molar-refractivity contribution in [3.8, 4) is 0 Å². The van der Waals surface area contributed by atoms with Crippen molar-refractivity contribution < 1.29 is 14.1 Å². The van der Waals surface area contributed by atoms with Gasteiger partial charge in [0.25, 0.3) is 11.2 Å². The van der Waals surface area contributed by atoms with Crippen LogP contribution in [0.3, 0.4) is 0 Å². The van der Waals surface area contributed by atoms with Gasteiger partial charge in [0.15, 0.2) is 5.16 Å². The summed E-state index contributed by atoms with van der Waals surface area (Å²) in [5, 5.41) is 22.2. The number of benzene rings is 2. The van der Waals surface area contributed by atoms with Crippen LogP contribution < -0.4 is 10.9 Å². The number of nitrogens with one attached hydrogen (secondary N) is 1. The summed E-state index contributed by atoms with van der Waals surface area (Å²) in [5.41, 5.74) is -0.299. The quantitative estimate of drug-likeness (QED) is 0.197. The number of fused-ring (bicyclic) bond motifs is 3. The van der Waals surface area contributed by atoms with Crippen LogP contribution in [0.5, 0.6) is 0 Å². The van der Waals surface area contributed by atoms with E-state index in [2.05, 4.69) is 22.1 Å². The molecule has 4 rings (SSSR count). The third-order valence-corrected chi connectivity index (χ3v) is 5.49. The fourth-order valence-electron chi connectivity index (χ4n) is 3.16. The Morgan fingerprint density at radius 1 is 1.28 bits per heavy atom. The van der Waals surface area contributed by atoms with Crippen molar-refractivity contribution in [3.63, 3.8) is 0 Å². The van der Waals surface area contributed by atoms with Gasteiger partial charge in [0.05, 0.1) is 27.3 Å². The van der Waals surface area contributed by atoms with E-state index in [0.29, 0.717) is 21.8 Å². The number of aromatic nitrogens is 4. The summed E-state index contributed by atoms with van der Waals surface area (Å²) < 4.78 is 17.0. The maximum absolute atomic E-state index is 13.9. The number of nitrogens with zero attached hydrogens (tertiary/aromatic N) is 5. The number of non-ortho nitro benzene ring substituents is 1. The Labute approximate surface area is 183 Å². The first-order valence-electron chi connectivity index (χ1n) is 9.25. The number of allylic oxidation sites excluding steroid dienone is 1. The summed E-state index contributed by atoms with van der Waals surface area (Å²) in [7, 11) is 0. The lowest BCUT2D eigenvalue weighted by Gasteiger charge is -2.10. The molecule has 0 aliphatic heterocycles. The van der Waals surface area contributed by atoms with E-state index in [4.69, 9.17) is 0 Å². The van der Waals surface area contributed by atoms with Crippen LogP contribution in [-0.2, 0) is 11.3 Å². The number of carbonyl (C=O) groups excluding carboxylic acids is 1. The molecule has 2 heterocycles. The number of nitro benzene ring substituents is 1. The molecule has 1 amide bonds. The lowest BCUT2D eigenvalue weighted by Crippen LogP contribution is -2.22. The van der Waals surface area contributed by atoms with Gasteiger partial charge < -0.3 is 5.32 Å². The minimum absolute atomic E-state index is 0.169. The number of carbonyl (C=O) groups is 1. The van der Waals surface area contributed by atoms with Gasteiger partial charge in [-0.05, 0) is 18.2 Å². The zero-order valence-corrected chi connectivity index (χ0v) is 17.2. The molecule has 0 atom stereocenters. The first kappa shape index (κ1) is 21.2. The number of hydrogen-bond acceptors (Lipinski definition) is 7. The Hall–Kier alpha value is -4.06. The van der Waals surface area contributed by atoms with Crippen molar-refractivity contribution >= 4 is 45.7 Å². The Bertz CT molecular complexity index is 1450. The van der Waals surface area contributed by atoms with Crippen LogP contribution in [0.4, 0.5) is 15.8 Å². The summed E-state index contributed by atoms with van der Waals surface area (Å²) in [4.78, 5) is 35.4. The lowest BCUT2D eigenvalue weighted by atomic mass is 10.2. The number of para-hydroxylation sites is 1. The first-order chi connectivity index (χ1) is 15.4. The van der Waals surface area contributed by atoms with Gasteiger partial charge in [-0.1, -0.05) is 30.0 Å². The maximum Gasteiger partial charge on any atom is 0.271 e. The van der Waals surface area contributed by atoms with E-state index in [9.17, 15) is 24.1 Å². The molecule has 32 heavy (non-hydrogen) atoms. The second-order valence-electron chi connectivity index (χ2n) is 6.60. The molecule has 0 aliphatic rings. The standard InChI is InChI=1S/C20H15FN6O4S/c1-2-9-25-18(29)13-5-3-4-6-16(13)26-19(25)23-24-20(26)32-11-17(28)22-15-10-12(27(30)31)7-8-14(15)21/h2-8,10H,1,9,11H2,(H,22,28). The van der Waals surface area contributed by atoms with Crippen LogP contribution >= 0.6 is 11.8 Å². The van der Waals surface area contributed by atoms with E-state index >= 15 is 0 Å². The monoisotopic (exact) mass is 454 g/mol. The molecule has 10 nitrogen and oxygen atoms in total. The van der Waals surface area contributed by atoms with Crippen LogP contribution in [0.1, 0.15) is 0 Å². The van der Waals surface area contributed by atoms with Crippen LogP contribution in [-0.4, -0.2) is 35.7 Å². The molecular formula is C20H15FN6O4S. The third-order valence-electron chi connectivity index (χ3n) is 4.56. The van der Waals surface area contributed by atoms with E-state index in [1.807, 2.05) is 0 Å². The van der Waals surface area contributed by atoms with E-state index < -0.39 is 16.6 Å². The predicted octanol–water partition coefficient (Wildman–Crippen LogP) is 3.01. The molecule has 1 N–H and O–H groups in total. The number of anilines is 1. The molecule has 0 aliphatic carbocycles. The van der Waals surface area contributed by atoms with Crippen LogP contribution in [0.15, 0.2) is 65.1 Å². The molecule has 0 saturated heterocycles. The number of hydrogen-bond donors (Lipinski definition) is 1. The highest BCUT2D eigenvalue weighted by atomic mass is 32.2. The molecule has 162 valence electrons. The highest BCUT2D eigenvalue weighted by Gasteiger charge is 2.18. The van der Waals surface area contributed by atoms with Crippen molar-refractivity contribution in [3.05, 3.63) is 81.4 Å². The second kappa shape index (κ2) is 8.59. The second-order valence-corrected chi connectivity index (χ2v) is 7.54. The van der Waals surface area contributed by atoms with E-state index in [-0.39, 0.29) is 29.2 Å².